The van der Waals surface area contributed by atoms with E-state index in [1.807, 2.05) is 44.2 Å². The minimum absolute atomic E-state index is 0.108. The van der Waals surface area contributed by atoms with Gasteiger partial charge in [-0.05, 0) is 36.2 Å². The molecule has 0 saturated heterocycles. The van der Waals surface area contributed by atoms with Gasteiger partial charge in [0, 0.05) is 5.92 Å². The average Bonchev–Trinajstić information content (AvgIpc) is 3.06. The van der Waals surface area contributed by atoms with Crippen LogP contribution < -0.4 is 10.2 Å². The topological polar surface area (TPSA) is 83.4 Å². The van der Waals surface area contributed by atoms with E-state index in [9.17, 15) is 0 Å². The van der Waals surface area contributed by atoms with Gasteiger partial charge >= 0.3 is 0 Å². The van der Waals surface area contributed by atoms with Crippen LogP contribution in [0.3, 0.4) is 0 Å². The number of oxazole rings is 1. The first-order valence-electron chi connectivity index (χ1n) is 9.06. The first kappa shape index (κ1) is 19.5. The van der Waals surface area contributed by atoms with Crippen molar-refractivity contribution in [2.24, 2.45) is 5.10 Å². The SMILES string of the molecule is CCCCCCOc1ccc(/C=N/Nc2oc(C(C)C)nc2C#N)cc1. The highest BCUT2D eigenvalue weighted by Gasteiger charge is 2.14. The summed E-state index contributed by atoms with van der Waals surface area (Å²) in [5.74, 6) is 1.74. The maximum Gasteiger partial charge on any atom is 0.252 e. The molecule has 0 saturated carbocycles. The van der Waals surface area contributed by atoms with Crippen molar-refractivity contribution in [3.8, 4) is 11.8 Å². The van der Waals surface area contributed by atoms with Crippen LogP contribution in [0.4, 0.5) is 5.88 Å². The van der Waals surface area contributed by atoms with Crippen LogP contribution in [0.5, 0.6) is 5.75 Å². The molecule has 1 heterocycles. The first-order chi connectivity index (χ1) is 12.6. The lowest BCUT2D eigenvalue weighted by molar-refractivity contribution is 0.305. The second-order valence-electron chi connectivity index (χ2n) is 6.34. The van der Waals surface area contributed by atoms with Crippen molar-refractivity contribution in [2.45, 2.75) is 52.4 Å². The van der Waals surface area contributed by atoms with Gasteiger partial charge in [-0.25, -0.2) is 10.4 Å². The van der Waals surface area contributed by atoms with Crippen molar-refractivity contribution >= 4 is 12.1 Å². The highest BCUT2D eigenvalue weighted by Crippen LogP contribution is 2.22. The van der Waals surface area contributed by atoms with Gasteiger partial charge in [0.05, 0.1) is 12.8 Å². The second-order valence-corrected chi connectivity index (χ2v) is 6.34. The van der Waals surface area contributed by atoms with E-state index >= 15 is 0 Å². The predicted octanol–water partition coefficient (Wildman–Crippen LogP) is 5.07. The van der Waals surface area contributed by atoms with Gasteiger partial charge in [-0.15, -0.1) is 0 Å². The molecule has 0 aliphatic rings. The van der Waals surface area contributed by atoms with Crippen LogP contribution >= 0.6 is 0 Å². The minimum Gasteiger partial charge on any atom is -0.494 e. The maximum atomic E-state index is 9.10. The monoisotopic (exact) mass is 354 g/mol. The molecule has 6 heteroatoms. The Labute approximate surface area is 154 Å². The normalized spacial score (nSPS) is 11.0. The van der Waals surface area contributed by atoms with Gasteiger partial charge in [-0.2, -0.15) is 10.4 Å². The number of hydrogen-bond donors (Lipinski definition) is 1. The van der Waals surface area contributed by atoms with Crippen molar-refractivity contribution < 1.29 is 9.15 Å². The van der Waals surface area contributed by atoms with Crippen LogP contribution in [0.1, 0.15) is 69.5 Å². The maximum absolute atomic E-state index is 9.10. The lowest BCUT2D eigenvalue weighted by Gasteiger charge is -2.05. The number of hydrazone groups is 1. The molecular formula is C20H26N4O2. The van der Waals surface area contributed by atoms with E-state index in [0.29, 0.717) is 5.89 Å². The molecule has 0 amide bonds. The fraction of sp³-hybridized carbons (Fsp3) is 0.450. The van der Waals surface area contributed by atoms with Crippen molar-refractivity contribution in [3.63, 3.8) is 0 Å². The Balaban J connectivity index is 1.86. The third-order valence-electron chi connectivity index (χ3n) is 3.77. The van der Waals surface area contributed by atoms with E-state index in [2.05, 4.69) is 22.4 Å². The number of anilines is 1. The Hall–Kier alpha value is -2.81. The van der Waals surface area contributed by atoms with Crippen LogP contribution in [-0.2, 0) is 0 Å². The number of ether oxygens (including phenoxy) is 1. The fourth-order valence-electron chi connectivity index (χ4n) is 2.27. The van der Waals surface area contributed by atoms with E-state index < -0.39 is 0 Å². The molecule has 2 aromatic rings. The molecule has 6 nitrogen and oxygen atoms in total. The van der Waals surface area contributed by atoms with Crippen molar-refractivity contribution in [3.05, 3.63) is 41.4 Å². The van der Waals surface area contributed by atoms with Crippen LogP contribution in [-0.4, -0.2) is 17.8 Å². The van der Waals surface area contributed by atoms with Gasteiger partial charge in [-0.3, -0.25) is 0 Å². The molecule has 1 aromatic carbocycles. The zero-order valence-electron chi connectivity index (χ0n) is 15.7. The van der Waals surface area contributed by atoms with Crippen LogP contribution in [0.15, 0.2) is 33.8 Å². The Morgan fingerprint density at radius 1 is 1.27 bits per heavy atom. The number of benzene rings is 1. The molecule has 0 unspecified atom stereocenters. The summed E-state index contributed by atoms with van der Waals surface area (Å²) in [5.41, 5.74) is 3.86. The third-order valence-corrected chi connectivity index (χ3v) is 3.77. The molecule has 0 atom stereocenters. The molecule has 0 bridgehead atoms. The van der Waals surface area contributed by atoms with Crippen molar-refractivity contribution in [2.75, 3.05) is 12.0 Å². The standard InChI is InChI=1S/C20H26N4O2/c1-4-5-6-7-12-25-17-10-8-16(9-11-17)14-22-24-20-18(13-21)23-19(26-20)15(2)3/h8-11,14-15,24H,4-7,12H2,1-3H3/b22-14+. The number of nitriles is 1. The van der Waals surface area contributed by atoms with Gasteiger partial charge < -0.3 is 9.15 Å². The van der Waals surface area contributed by atoms with Crippen LogP contribution in [0.2, 0.25) is 0 Å². The van der Waals surface area contributed by atoms with Crippen LogP contribution in [0, 0.1) is 11.3 Å². The van der Waals surface area contributed by atoms with E-state index in [-0.39, 0.29) is 17.5 Å². The van der Waals surface area contributed by atoms with E-state index in [0.717, 1.165) is 24.3 Å². The Morgan fingerprint density at radius 3 is 2.69 bits per heavy atom. The first-order valence-corrected chi connectivity index (χ1v) is 9.06. The van der Waals surface area contributed by atoms with Crippen molar-refractivity contribution in [1.82, 2.24) is 4.98 Å². The lowest BCUT2D eigenvalue weighted by Crippen LogP contribution is -1.97. The summed E-state index contributed by atoms with van der Waals surface area (Å²) in [6.45, 7) is 6.85. The summed E-state index contributed by atoms with van der Waals surface area (Å²) < 4.78 is 11.2. The summed E-state index contributed by atoms with van der Waals surface area (Å²) in [7, 11) is 0. The Kier molecular flexibility index (Phi) is 7.69. The van der Waals surface area contributed by atoms with Crippen molar-refractivity contribution in [1.29, 1.82) is 5.26 Å². The fourth-order valence-corrected chi connectivity index (χ4v) is 2.27. The highest BCUT2D eigenvalue weighted by molar-refractivity contribution is 5.80. The second kappa shape index (κ2) is 10.2. The molecule has 0 spiro atoms. The zero-order valence-corrected chi connectivity index (χ0v) is 15.7. The molecule has 26 heavy (non-hydrogen) atoms. The Morgan fingerprint density at radius 2 is 2.04 bits per heavy atom. The lowest BCUT2D eigenvalue weighted by atomic mass is 10.2. The van der Waals surface area contributed by atoms with E-state index in [4.69, 9.17) is 14.4 Å². The number of nitrogens with one attached hydrogen (secondary N) is 1. The summed E-state index contributed by atoms with van der Waals surface area (Å²) in [5, 5.41) is 13.2. The quantitative estimate of drug-likeness (QED) is 0.366. The van der Waals surface area contributed by atoms with Gasteiger partial charge in [0.25, 0.3) is 5.88 Å². The van der Waals surface area contributed by atoms with E-state index in [1.54, 1.807) is 6.21 Å². The Bertz CT molecular complexity index is 742. The summed E-state index contributed by atoms with van der Waals surface area (Å²) in [6, 6.07) is 9.71. The molecule has 0 radical (unpaired) electrons. The van der Waals surface area contributed by atoms with E-state index in [1.165, 1.54) is 19.3 Å². The smallest absolute Gasteiger partial charge is 0.252 e. The summed E-state index contributed by atoms with van der Waals surface area (Å²) in [6.07, 6.45) is 6.42. The summed E-state index contributed by atoms with van der Waals surface area (Å²) >= 11 is 0. The molecule has 138 valence electrons. The molecule has 1 aromatic heterocycles. The highest BCUT2D eigenvalue weighted by atomic mass is 16.5. The summed E-state index contributed by atoms with van der Waals surface area (Å²) in [4.78, 5) is 4.13. The molecule has 2 rings (SSSR count). The van der Waals surface area contributed by atoms with Gasteiger partial charge in [-0.1, -0.05) is 40.0 Å². The molecule has 0 aliphatic carbocycles. The number of unbranched alkanes of at least 4 members (excludes halogenated alkanes) is 3. The minimum atomic E-state index is 0.108. The van der Waals surface area contributed by atoms with Gasteiger partial charge in [0.2, 0.25) is 11.6 Å². The number of rotatable bonds is 10. The molecule has 0 fully saturated rings. The predicted molar refractivity (Wildman–Crippen MR) is 103 cm³/mol. The average molecular weight is 354 g/mol. The number of nitrogens with zero attached hydrogens (tertiary/aromatic N) is 3. The third kappa shape index (κ3) is 5.92. The largest absolute Gasteiger partial charge is 0.494 e. The molecule has 1 N–H and O–H groups in total. The molecule has 0 aliphatic heterocycles. The number of hydrogen-bond acceptors (Lipinski definition) is 6. The molecular weight excluding hydrogens is 328 g/mol. The zero-order chi connectivity index (χ0) is 18.8. The van der Waals surface area contributed by atoms with Gasteiger partial charge in [0.15, 0.2) is 0 Å². The van der Waals surface area contributed by atoms with Crippen LogP contribution in [0.25, 0.3) is 0 Å². The van der Waals surface area contributed by atoms with Gasteiger partial charge in [0.1, 0.15) is 11.8 Å². The number of aromatic nitrogens is 1.